The van der Waals surface area contributed by atoms with Gasteiger partial charge in [-0.3, -0.25) is 4.79 Å². The van der Waals surface area contributed by atoms with Crippen LogP contribution in [0.25, 0.3) is 0 Å². The van der Waals surface area contributed by atoms with Crippen molar-refractivity contribution in [2.45, 2.75) is 36.5 Å². The maximum atomic E-state index is 12.1. The number of hydrogen-bond acceptors (Lipinski definition) is 3. The predicted molar refractivity (Wildman–Crippen MR) is 103 cm³/mol. The van der Waals surface area contributed by atoms with Crippen LogP contribution in [0, 0.1) is 5.92 Å². The molecule has 1 aromatic carbocycles. The van der Waals surface area contributed by atoms with Gasteiger partial charge in [0.1, 0.15) is 24.0 Å². The molecule has 4 aliphatic rings. The van der Waals surface area contributed by atoms with Gasteiger partial charge < -0.3 is 19.7 Å². The van der Waals surface area contributed by atoms with Gasteiger partial charge in [0.2, 0.25) is 0 Å². The molecule has 1 saturated heterocycles. The summed E-state index contributed by atoms with van der Waals surface area (Å²) < 4.78 is 13.3. The van der Waals surface area contributed by atoms with E-state index in [9.17, 15) is 4.79 Å². The molecule has 5 nitrogen and oxygen atoms in total. The first-order chi connectivity index (χ1) is 13.0. The molecule has 0 saturated carbocycles. The molecule has 142 valence electrons. The third-order valence-corrected chi connectivity index (χ3v) is 7.63. The second kappa shape index (κ2) is 5.46. The van der Waals surface area contributed by atoms with Gasteiger partial charge in [0, 0.05) is 31.4 Å². The highest BCUT2D eigenvalue weighted by molar-refractivity contribution is 5.97. The Kier molecular flexibility index (Phi) is 3.44. The molecule has 5 heteroatoms. The Morgan fingerprint density at radius 2 is 2.30 bits per heavy atom. The van der Waals surface area contributed by atoms with Gasteiger partial charge in [0.15, 0.2) is 0 Å². The molecule has 2 aliphatic carbocycles. The van der Waals surface area contributed by atoms with Crippen LogP contribution in [0.2, 0.25) is 0 Å². The molecule has 6 atom stereocenters. The van der Waals surface area contributed by atoms with Crippen LogP contribution in [0.3, 0.4) is 0 Å². The number of rotatable bonds is 4. The first kappa shape index (κ1) is 17.0. The van der Waals surface area contributed by atoms with Crippen LogP contribution >= 0.6 is 0 Å². The van der Waals surface area contributed by atoms with Crippen LogP contribution in [0.1, 0.15) is 27.9 Å². The zero-order chi connectivity index (χ0) is 19.0. The number of likely N-dealkylation sites (tertiary alicyclic amines) is 1. The Labute approximate surface area is 160 Å². The summed E-state index contributed by atoms with van der Waals surface area (Å²) in [5, 5.41) is 0. The number of carbonyl (C=O) groups is 1. The van der Waals surface area contributed by atoms with Crippen LogP contribution < -0.4 is 10.5 Å². The second-order valence-corrected chi connectivity index (χ2v) is 8.73. The maximum absolute atomic E-state index is 12.1. The number of hydrogen-bond donors (Lipinski definition) is 1. The van der Waals surface area contributed by atoms with Crippen LogP contribution in [0.4, 0.5) is 0 Å². The minimum Gasteiger partial charge on any atom is -0.485 e. The molecule has 0 aromatic heterocycles. The molecule has 2 aliphatic heterocycles. The Bertz CT molecular complexity index is 879. The van der Waals surface area contributed by atoms with E-state index in [0.717, 1.165) is 30.4 Å². The number of nitrogens with zero attached hydrogens (tertiary/aromatic N) is 1. The van der Waals surface area contributed by atoms with Crippen molar-refractivity contribution in [3.8, 4) is 5.75 Å². The lowest BCUT2D eigenvalue weighted by Crippen LogP contribution is -2.71. The summed E-state index contributed by atoms with van der Waals surface area (Å²) in [5.41, 5.74) is 8.57. The fourth-order valence-electron chi connectivity index (χ4n) is 6.41. The number of ether oxygens (including phenoxy) is 2. The van der Waals surface area contributed by atoms with Crippen molar-refractivity contribution in [2.24, 2.45) is 11.7 Å². The van der Waals surface area contributed by atoms with Gasteiger partial charge in [0.05, 0.1) is 31.1 Å². The highest BCUT2D eigenvalue weighted by atomic mass is 16.5. The van der Waals surface area contributed by atoms with E-state index in [2.05, 4.69) is 31.8 Å². The molecule has 2 bridgehead atoms. The summed E-state index contributed by atoms with van der Waals surface area (Å²) in [6, 6.07) is 4.40. The van der Waals surface area contributed by atoms with Crippen molar-refractivity contribution in [3.63, 3.8) is 0 Å². The predicted octanol–water partition coefficient (Wildman–Crippen LogP) is 1.95. The van der Waals surface area contributed by atoms with Gasteiger partial charge in [-0.15, -0.1) is 0 Å². The number of piperidine rings is 1. The standard InChI is InChI=1S/C22H26N2O3/c1-4-10-24(2)11-9-22-15-7-8-17(26-3)20(22)27-19-14(21(23)25)6-5-13(18(19)22)12-16(15)24/h4-8,15-17,20H,1,9-12H2,2-3H3,(H-,23,25)/p+1. The highest BCUT2D eigenvalue weighted by Crippen LogP contribution is 2.62. The zero-order valence-electron chi connectivity index (χ0n) is 16.0. The summed E-state index contributed by atoms with van der Waals surface area (Å²) in [5.74, 6) is 0.648. The van der Waals surface area contributed by atoms with E-state index in [0.29, 0.717) is 23.3 Å². The van der Waals surface area contributed by atoms with Crippen molar-refractivity contribution in [1.29, 1.82) is 0 Å². The van der Waals surface area contributed by atoms with E-state index in [1.54, 1.807) is 7.11 Å². The van der Waals surface area contributed by atoms with E-state index < -0.39 is 5.91 Å². The number of benzene rings is 1. The van der Waals surface area contributed by atoms with Crippen molar-refractivity contribution in [3.05, 3.63) is 53.6 Å². The Morgan fingerprint density at radius 3 is 3.00 bits per heavy atom. The summed E-state index contributed by atoms with van der Waals surface area (Å²) in [4.78, 5) is 12.1. The van der Waals surface area contributed by atoms with Gasteiger partial charge in [-0.2, -0.15) is 0 Å². The summed E-state index contributed by atoms with van der Waals surface area (Å²) in [7, 11) is 4.08. The quantitative estimate of drug-likeness (QED) is 0.654. The third-order valence-electron chi connectivity index (χ3n) is 7.63. The van der Waals surface area contributed by atoms with Crippen LogP contribution in [0.5, 0.6) is 5.75 Å². The molecule has 5 rings (SSSR count). The van der Waals surface area contributed by atoms with E-state index in [-0.39, 0.29) is 17.6 Å². The minimum atomic E-state index is -0.425. The molecule has 1 spiro atoms. The fraction of sp³-hybridized carbons (Fsp3) is 0.500. The smallest absolute Gasteiger partial charge is 0.252 e. The maximum Gasteiger partial charge on any atom is 0.252 e. The molecule has 1 fully saturated rings. The van der Waals surface area contributed by atoms with Crippen LogP contribution in [-0.4, -0.2) is 55.9 Å². The van der Waals surface area contributed by atoms with E-state index in [4.69, 9.17) is 15.2 Å². The van der Waals surface area contributed by atoms with Gasteiger partial charge >= 0.3 is 0 Å². The van der Waals surface area contributed by atoms with E-state index >= 15 is 0 Å². The Morgan fingerprint density at radius 1 is 1.48 bits per heavy atom. The molecule has 1 aromatic rings. The lowest BCUT2D eigenvalue weighted by Gasteiger charge is -2.59. The number of nitrogens with two attached hydrogens (primary N) is 1. The van der Waals surface area contributed by atoms with Gasteiger partial charge in [-0.25, -0.2) is 0 Å². The van der Waals surface area contributed by atoms with Crippen LogP contribution in [0.15, 0.2) is 36.9 Å². The number of quaternary nitrogens is 1. The largest absolute Gasteiger partial charge is 0.485 e. The highest BCUT2D eigenvalue weighted by Gasteiger charge is 2.67. The van der Waals surface area contributed by atoms with Gasteiger partial charge in [-0.05, 0) is 17.7 Å². The third kappa shape index (κ3) is 1.94. The van der Waals surface area contributed by atoms with Gasteiger partial charge in [-0.1, -0.05) is 24.8 Å². The SMILES string of the molecule is C=CC[N+]1(C)CCC23c4c5ccc(C(N)=O)c4OC2C(OC)C=CC3C1C5. The topological polar surface area (TPSA) is 61.6 Å². The number of carbonyl (C=O) groups excluding carboxylic acids is 1. The minimum absolute atomic E-state index is 0.105. The van der Waals surface area contributed by atoms with E-state index in [1.165, 1.54) is 11.1 Å². The average Bonchev–Trinajstić information content (AvgIpc) is 2.99. The molecule has 6 unspecified atom stereocenters. The molecule has 27 heavy (non-hydrogen) atoms. The second-order valence-electron chi connectivity index (χ2n) is 8.73. The monoisotopic (exact) mass is 367 g/mol. The molecule has 0 radical (unpaired) electrons. The summed E-state index contributed by atoms with van der Waals surface area (Å²) >= 11 is 0. The van der Waals surface area contributed by atoms with Crippen molar-refractivity contribution in [2.75, 3.05) is 27.2 Å². The molecular formula is C22H27N2O3+. The zero-order valence-corrected chi connectivity index (χ0v) is 16.0. The fourth-order valence-corrected chi connectivity index (χ4v) is 6.41. The van der Waals surface area contributed by atoms with Crippen molar-refractivity contribution >= 4 is 5.91 Å². The summed E-state index contributed by atoms with van der Waals surface area (Å²) in [6.45, 7) is 6.03. The number of amides is 1. The molecular weight excluding hydrogens is 340 g/mol. The molecule has 2 heterocycles. The lowest BCUT2D eigenvalue weighted by molar-refractivity contribution is -0.938. The lowest BCUT2D eigenvalue weighted by atomic mass is 9.52. The van der Waals surface area contributed by atoms with Crippen molar-refractivity contribution in [1.82, 2.24) is 0 Å². The Balaban J connectivity index is 1.77. The molecule has 2 N–H and O–H groups in total. The number of likely N-dealkylation sites (N-methyl/N-ethyl adjacent to an activating group) is 1. The van der Waals surface area contributed by atoms with E-state index in [1.807, 2.05) is 12.1 Å². The number of methoxy groups -OCH3 is 1. The Hall–Kier alpha value is -2.11. The summed E-state index contributed by atoms with van der Waals surface area (Å²) in [6.07, 6.45) is 8.33. The van der Waals surface area contributed by atoms with Crippen LogP contribution in [-0.2, 0) is 16.6 Å². The van der Waals surface area contributed by atoms with Crippen molar-refractivity contribution < 1.29 is 18.8 Å². The average molecular weight is 367 g/mol. The number of primary amides is 1. The first-order valence-corrected chi connectivity index (χ1v) is 9.75. The molecule has 1 amide bonds. The normalized spacial score (nSPS) is 40.2. The first-order valence-electron chi connectivity index (χ1n) is 9.75. The van der Waals surface area contributed by atoms with Gasteiger partial charge in [0.25, 0.3) is 5.91 Å².